The summed E-state index contributed by atoms with van der Waals surface area (Å²) < 4.78 is 13.6. The molecule has 0 fully saturated rings. The Bertz CT molecular complexity index is 513. The minimum absolute atomic E-state index is 0.292. The molecule has 1 N–H and O–H groups in total. The van der Waals surface area contributed by atoms with Crippen LogP contribution < -0.4 is 5.32 Å². The average molecular weight is 271 g/mol. The van der Waals surface area contributed by atoms with E-state index in [-0.39, 0.29) is 5.82 Å². The Kier molecular flexibility index (Phi) is 4.10. The predicted octanol–water partition coefficient (Wildman–Crippen LogP) is 3.36. The summed E-state index contributed by atoms with van der Waals surface area (Å²) in [5, 5.41) is 6.43. The summed E-state index contributed by atoms with van der Waals surface area (Å²) in [6.45, 7) is 0.866. The number of rotatable bonds is 4. The minimum atomic E-state index is -0.292. The van der Waals surface area contributed by atoms with Gasteiger partial charge in [-0.3, -0.25) is 0 Å². The average Bonchev–Trinajstić information content (AvgIpc) is 2.78. The summed E-state index contributed by atoms with van der Waals surface area (Å²) in [5.41, 5.74) is 1.12. The van der Waals surface area contributed by atoms with Crippen LogP contribution >= 0.6 is 22.9 Å². The number of aromatic nitrogens is 1. The van der Waals surface area contributed by atoms with Crippen molar-refractivity contribution in [3.63, 3.8) is 0 Å². The van der Waals surface area contributed by atoms with Crippen LogP contribution in [0.4, 0.5) is 4.39 Å². The van der Waals surface area contributed by atoms with Crippen LogP contribution in [0.1, 0.15) is 5.01 Å². The Morgan fingerprint density at radius 2 is 2.29 bits per heavy atom. The lowest BCUT2D eigenvalue weighted by molar-refractivity contribution is 0.631. The molecule has 0 aliphatic rings. The number of thiazole rings is 1. The van der Waals surface area contributed by atoms with Gasteiger partial charge in [0.2, 0.25) is 0 Å². The molecule has 0 radical (unpaired) electrons. The minimum Gasteiger partial charge on any atom is -0.319 e. The first kappa shape index (κ1) is 12.5. The van der Waals surface area contributed by atoms with Crippen LogP contribution in [0.5, 0.6) is 0 Å². The molecule has 0 aliphatic carbocycles. The van der Waals surface area contributed by atoms with Crippen LogP contribution in [-0.2, 0) is 6.42 Å². The zero-order valence-corrected chi connectivity index (χ0v) is 10.9. The van der Waals surface area contributed by atoms with Gasteiger partial charge in [0.1, 0.15) is 5.82 Å². The topological polar surface area (TPSA) is 24.9 Å². The molecule has 2 rings (SSSR count). The van der Waals surface area contributed by atoms with Crippen molar-refractivity contribution in [3.8, 4) is 11.3 Å². The summed E-state index contributed by atoms with van der Waals surface area (Å²) >= 11 is 7.39. The molecule has 17 heavy (non-hydrogen) atoms. The van der Waals surface area contributed by atoms with E-state index in [1.807, 2.05) is 12.4 Å². The number of likely N-dealkylation sites (N-methyl/N-ethyl adjacent to an activating group) is 1. The standard InChI is InChI=1S/C12H12ClFN2S/c1-15-5-4-12-16-11(7-17-12)9-6-8(13)2-3-10(9)14/h2-3,6-7,15H,4-5H2,1H3. The van der Waals surface area contributed by atoms with Gasteiger partial charge < -0.3 is 5.32 Å². The highest BCUT2D eigenvalue weighted by molar-refractivity contribution is 7.09. The van der Waals surface area contributed by atoms with Crippen molar-refractivity contribution in [2.45, 2.75) is 6.42 Å². The summed E-state index contributed by atoms with van der Waals surface area (Å²) in [7, 11) is 1.89. The van der Waals surface area contributed by atoms with E-state index in [4.69, 9.17) is 11.6 Å². The highest BCUT2D eigenvalue weighted by Gasteiger charge is 2.09. The molecule has 1 aromatic carbocycles. The van der Waals surface area contributed by atoms with Gasteiger partial charge in [0, 0.05) is 28.9 Å². The summed E-state index contributed by atoms with van der Waals surface area (Å²) in [6, 6.07) is 4.51. The van der Waals surface area contributed by atoms with Crippen molar-refractivity contribution < 1.29 is 4.39 Å². The van der Waals surface area contributed by atoms with Crippen molar-refractivity contribution in [2.75, 3.05) is 13.6 Å². The third-order valence-electron chi connectivity index (χ3n) is 2.34. The molecular formula is C12H12ClFN2S. The zero-order valence-electron chi connectivity index (χ0n) is 9.34. The first-order valence-corrected chi connectivity index (χ1v) is 6.51. The largest absolute Gasteiger partial charge is 0.319 e. The van der Waals surface area contributed by atoms with E-state index < -0.39 is 0 Å². The summed E-state index contributed by atoms with van der Waals surface area (Å²) in [4.78, 5) is 4.40. The highest BCUT2D eigenvalue weighted by Crippen LogP contribution is 2.27. The molecule has 2 aromatic rings. The Hall–Kier alpha value is -0.970. The predicted molar refractivity (Wildman–Crippen MR) is 70.1 cm³/mol. The molecule has 0 atom stereocenters. The SMILES string of the molecule is CNCCc1nc(-c2cc(Cl)ccc2F)cs1. The second kappa shape index (κ2) is 5.58. The van der Waals surface area contributed by atoms with Gasteiger partial charge in [0.15, 0.2) is 0 Å². The smallest absolute Gasteiger partial charge is 0.132 e. The van der Waals surface area contributed by atoms with Crippen LogP contribution in [0.25, 0.3) is 11.3 Å². The maximum absolute atomic E-state index is 13.6. The molecule has 2 nitrogen and oxygen atoms in total. The lowest BCUT2D eigenvalue weighted by atomic mass is 10.1. The first-order chi connectivity index (χ1) is 8.20. The number of benzene rings is 1. The fourth-order valence-electron chi connectivity index (χ4n) is 1.48. The molecule has 0 saturated carbocycles. The van der Waals surface area contributed by atoms with E-state index >= 15 is 0 Å². The first-order valence-electron chi connectivity index (χ1n) is 5.25. The molecule has 5 heteroatoms. The van der Waals surface area contributed by atoms with Crippen LogP contribution in [0.3, 0.4) is 0 Å². The second-order valence-corrected chi connectivity index (χ2v) is 4.98. The third-order valence-corrected chi connectivity index (χ3v) is 3.49. The Morgan fingerprint density at radius 1 is 1.47 bits per heavy atom. The van der Waals surface area contributed by atoms with E-state index in [0.717, 1.165) is 18.0 Å². The fourth-order valence-corrected chi connectivity index (χ4v) is 2.45. The summed E-state index contributed by atoms with van der Waals surface area (Å²) in [5.74, 6) is -0.292. The van der Waals surface area contributed by atoms with E-state index in [0.29, 0.717) is 16.3 Å². The molecule has 90 valence electrons. The molecule has 0 aliphatic heterocycles. The number of halogens is 2. The van der Waals surface area contributed by atoms with Gasteiger partial charge in [0.05, 0.1) is 10.7 Å². The van der Waals surface area contributed by atoms with Gasteiger partial charge in [-0.1, -0.05) is 11.6 Å². The number of hydrogen-bond acceptors (Lipinski definition) is 3. The lowest BCUT2D eigenvalue weighted by Crippen LogP contribution is -2.09. The normalized spacial score (nSPS) is 10.8. The molecular weight excluding hydrogens is 259 g/mol. The van der Waals surface area contributed by atoms with Crippen molar-refractivity contribution in [3.05, 3.63) is 39.4 Å². The van der Waals surface area contributed by atoms with Gasteiger partial charge in [-0.05, 0) is 25.2 Å². The molecule has 1 heterocycles. The Morgan fingerprint density at radius 3 is 3.06 bits per heavy atom. The lowest BCUT2D eigenvalue weighted by Gasteiger charge is -2.00. The Labute approximate surface area is 108 Å². The zero-order chi connectivity index (χ0) is 12.3. The van der Waals surface area contributed by atoms with Crippen molar-refractivity contribution in [2.24, 2.45) is 0 Å². The monoisotopic (exact) mass is 270 g/mol. The fraction of sp³-hybridized carbons (Fsp3) is 0.250. The van der Waals surface area contributed by atoms with Gasteiger partial charge >= 0.3 is 0 Å². The van der Waals surface area contributed by atoms with Crippen molar-refractivity contribution >= 4 is 22.9 Å². The molecule has 0 spiro atoms. The highest BCUT2D eigenvalue weighted by atomic mass is 35.5. The second-order valence-electron chi connectivity index (χ2n) is 3.60. The van der Waals surface area contributed by atoms with Gasteiger partial charge in [-0.2, -0.15) is 0 Å². The number of hydrogen-bond donors (Lipinski definition) is 1. The van der Waals surface area contributed by atoms with Crippen LogP contribution in [0.15, 0.2) is 23.6 Å². The maximum atomic E-state index is 13.6. The molecule has 0 bridgehead atoms. The number of nitrogens with one attached hydrogen (secondary N) is 1. The van der Waals surface area contributed by atoms with Crippen molar-refractivity contribution in [1.82, 2.24) is 10.3 Å². The maximum Gasteiger partial charge on any atom is 0.132 e. The summed E-state index contributed by atoms with van der Waals surface area (Å²) in [6.07, 6.45) is 0.851. The Balaban J connectivity index is 2.27. The quantitative estimate of drug-likeness (QED) is 0.921. The van der Waals surface area contributed by atoms with Crippen molar-refractivity contribution in [1.29, 1.82) is 0 Å². The van der Waals surface area contributed by atoms with Gasteiger partial charge in [0.25, 0.3) is 0 Å². The van der Waals surface area contributed by atoms with E-state index in [9.17, 15) is 4.39 Å². The van der Waals surface area contributed by atoms with E-state index in [2.05, 4.69) is 10.3 Å². The van der Waals surface area contributed by atoms with E-state index in [1.165, 1.54) is 23.5 Å². The van der Waals surface area contributed by atoms with Crippen LogP contribution in [0, 0.1) is 5.82 Å². The third kappa shape index (κ3) is 3.03. The molecule has 0 amide bonds. The molecule has 0 unspecified atom stereocenters. The molecule has 0 saturated heterocycles. The van der Waals surface area contributed by atoms with Crippen LogP contribution in [-0.4, -0.2) is 18.6 Å². The van der Waals surface area contributed by atoms with E-state index in [1.54, 1.807) is 6.07 Å². The number of nitrogens with zero attached hydrogens (tertiary/aromatic N) is 1. The van der Waals surface area contributed by atoms with Crippen LogP contribution in [0.2, 0.25) is 5.02 Å². The van der Waals surface area contributed by atoms with Gasteiger partial charge in [-0.15, -0.1) is 11.3 Å². The molecule has 1 aromatic heterocycles. The van der Waals surface area contributed by atoms with Gasteiger partial charge in [-0.25, -0.2) is 9.37 Å².